The molecule has 0 amide bonds. The normalized spacial score (nSPS) is 10.8. The molecule has 0 radical (unpaired) electrons. The summed E-state index contributed by atoms with van der Waals surface area (Å²) in [6.07, 6.45) is 1.26. The first-order valence-corrected chi connectivity index (χ1v) is 7.21. The topological polar surface area (TPSA) is 116 Å². The number of rotatable bonds is 6. The average molecular weight is 342 g/mol. The largest absolute Gasteiger partial charge is 0.496 e. The number of ether oxygens (including phenoxy) is 2. The van der Waals surface area contributed by atoms with Gasteiger partial charge in [-0.15, -0.1) is 0 Å². The number of carbonyl (C=O) groups is 1. The van der Waals surface area contributed by atoms with Crippen molar-refractivity contribution in [1.82, 2.24) is 0 Å². The van der Waals surface area contributed by atoms with Gasteiger partial charge in [0.15, 0.2) is 0 Å². The van der Waals surface area contributed by atoms with Crippen LogP contribution in [0, 0.1) is 21.4 Å². The number of nitrogens with zero attached hydrogens (tertiary/aromatic N) is 2. The Hall–Kier alpha value is -3.60. The third kappa shape index (κ3) is 4.03. The predicted molar refractivity (Wildman–Crippen MR) is 87.6 cm³/mol. The lowest BCUT2D eigenvalue weighted by molar-refractivity contribution is -0.384. The summed E-state index contributed by atoms with van der Waals surface area (Å²) in [6, 6.07) is 9.04. The molecule has 1 aromatic carbocycles. The Morgan fingerprint density at radius 3 is 2.76 bits per heavy atom. The summed E-state index contributed by atoms with van der Waals surface area (Å²) in [6.45, 7) is 1.79. The van der Waals surface area contributed by atoms with Crippen LogP contribution < -0.4 is 4.74 Å². The van der Waals surface area contributed by atoms with Crippen molar-refractivity contribution in [3.63, 3.8) is 0 Å². The van der Waals surface area contributed by atoms with E-state index in [-0.39, 0.29) is 29.4 Å². The van der Waals surface area contributed by atoms with Crippen molar-refractivity contribution in [1.29, 1.82) is 5.26 Å². The number of benzene rings is 1. The highest BCUT2D eigenvalue weighted by molar-refractivity contribution is 5.97. The number of furan rings is 1. The van der Waals surface area contributed by atoms with E-state index in [1.807, 2.05) is 0 Å². The minimum absolute atomic E-state index is 0.110. The molecule has 2 aromatic rings. The van der Waals surface area contributed by atoms with Gasteiger partial charge in [0, 0.05) is 12.1 Å². The average Bonchev–Trinajstić information content (AvgIpc) is 3.07. The molecule has 8 nitrogen and oxygen atoms in total. The minimum Gasteiger partial charge on any atom is -0.496 e. The SMILES string of the molecule is CCOC(=O)/C(C#N)=C/c1ccc(-c2ccc([N+](=O)[O-])cc2OC)o1. The highest BCUT2D eigenvalue weighted by Crippen LogP contribution is 2.34. The molecule has 128 valence electrons. The first-order valence-electron chi connectivity index (χ1n) is 7.21. The fourth-order valence-corrected chi connectivity index (χ4v) is 2.06. The summed E-state index contributed by atoms with van der Waals surface area (Å²) >= 11 is 0. The number of nitro benzene ring substituents is 1. The minimum atomic E-state index is -0.740. The molecule has 8 heteroatoms. The van der Waals surface area contributed by atoms with Crippen LogP contribution in [-0.2, 0) is 9.53 Å². The standard InChI is InChI=1S/C17H14N2O6/c1-3-24-17(20)11(10-18)8-13-5-7-15(25-13)14-6-4-12(19(21)22)9-16(14)23-2/h4-9H,3H2,1-2H3/b11-8+. The molecular formula is C17H14N2O6. The number of non-ortho nitro benzene ring substituents is 1. The molecule has 0 bridgehead atoms. The van der Waals surface area contributed by atoms with Gasteiger partial charge in [0.2, 0.25) is 0 Å². The summed E-state index contributed by atoms with van der Waals surface area (Å²) in [5.41, 5.74) is 0.196. The molecule has 2 rings (SSSR count). The first kappa shape index (κ1) is 17.7. The van der Waals surface area contributed by atoms with Gasteiger partial charge in [0.05, 0.1) is 30.3 Å². The third-order valence-corrected chi connectivity index (χ3v) is 3.19. The lowest BCUT2D eigenvalue weighted by Gasteiger charge is -2.05. The number of hydrogen-bond donors (Lipinski definition) is 0. The Labute approximate surface area is 143 Å². The molecule has 0 saturated heterocycles. The Morgan fingerprint density at radius 2 is 2.16 bits per heavy atom. The van der Waals surface area contributed by atoms with Crippen molar-refractivity contribution >= 4 is 17.7 Å². The fraction of sp³-hybridized carbons (Fsp3) is 0.176. The maximum absolute atomic E-state index is 11.6. The van der Waals surface area contributed by atoms with Crippen LogP contribution in [-0.4, -0.2) is 24.6 Å². The van der Waals surface area contributed by atoms with E-state index in [1.165, 1.54) is 31.4 Å². The zero-order chi connectivity index (χ0) is 18.4. The van der Waals surface area contributed by atoms with Crippen molar-refractivity contribution in [2.24, 2.45) is 0 Å². The van der Waals surface area contributed by atoms with E-state index in [9.17, 15) is 14.9 Å². The van der Waals surface area contributed by atoms with Crippen molar-refractivity contribution in [2.45, 2.75) is 6.92 Å². The molecule has 0 fully saturated rings. The molecule has 0 saturated carbocycles. The second kappa shape index (κ2) is 7.79. The number of nitriles is 1. The van der Waals surface area contributed by atoms with Crippen LogP contribution in [0.5, 0.6) is 5.75 Å². The van der Waals surface area contributed by atoms with E-state index in [2.05, 4.69) is 0 Å². The first-order chi connectivity index (χ1) is 12.0. The van der Waals surface area contributed by atoms with Gasteiger partial charge in [-0.05, 0) is 25.1 Å². The zero-order valence-electron chi connectivity index (χ0n) is 13.5. The van der Waals surface area contributed by atoms with Crippen LogP contribution in [0.1, 0.15) is 12.7 Å². The maximum Gasteiger partial charge on any atom is 0.349 e. The molecule has 25 heavy (non-hydrogen) atoms. The highest BCUT2D eigenvalue weighted by Gasteiger charge is 2.16. The highest BCUT2D eigenvalue weighted by atomic mass is 16.6. The lowest BCUT2D eigenvalue weighted by Crippen LogP contribution is -2.05. The van der Waals surface area contributed by atoms with Gasteiger partial charge >= 0.3 is 5.97 Å². The van der Waals surface area contributed by atoms with Crippen LogP contribution in [0.15, 0.2) is 40.3 Å². The molecule has 1 heterocycles. The van der Waals surface area contributed by atoms with Crippen molar-refractivity contribution < 1.29 is 23.6 Å². The Morgan fingerprint density at radius 1 is 1.40 bits per heavy atom. The van der Waals surface area contributed by atoms with Crippen LogP contribution in [0.25, 0.3) is 17.4 Å². The Bertz CT molecular complexity index is 876. The van der Waals surface area contributed by atoms with Crippen LogP contribution in [0.2, 0.25) is 0 Å². The number of hydrogen-bond acceptors (Lipinski definition) is 7. The van der Waals surface area contributed by atoms with Crippen molar-refractivity contribution in [3.05, 3.63) is 51.8 Å². The maximum atomic E-state index is 11.6. The predicted octanol–water partition coefficient (Wildman–Crippen LogP) is 3.33. The van der Waals surface area contributed by atoms with E-state index in [0.717, 1.165) is 0 Å². The van der Waals surface area contributed by atoms with E-state index < -0.39 is 10.9 Å². The Kier molecular flexibility index (Phi) is 5.53. The van der Waals surface area contributed by atoms with Gasteiger partial charge in [-0.25, -0.2) is 4.79 Å². The van der Waals surface area contributed by atoms with E-state index in [4.69, 9.17) is 19.2 Å². The second-order valence-electron chi connectivity index (χ2n) is 4.73. The van der Waals surface area contributed by atoms with E-state index in [1.54, 1.807) is 25.1 Å². The fourth-order valence-electron chi connectivity index (χ4n) is 2.06. The summed E-state index contributed by atoms with van der Waals surface area (Å²) in [5.74, 6) is 0.167. The number of carbonyl (C=O) groups excluding carboxylic acids is 1. The van der Waals surface area contributed by atoms with Gasteiger partial charge in [-0.1, -0.05) is 0 Å². The molecule has 0 atom stereocenters. The molecule has 0 aliphatic heterocycles. The van der Waals surface area contributed by atoms with Gasteiger partial charge in [0.25, 0.3) is 5.69 Å². The zero-order valence-corrected chi connectivity index (χ0v) is 13.5. The van der Waals surface area contributed by atoms with E-state index >= 15 is 0 Å². The number of nitro groups is 1. The van der Waals surface area contributed by atoms with Gasteiger partial charge < -0.3 is 13.9 Å². The quantitative estimate of drug-likeness (QED) is 0.260. The van der Waals surface area contributed by atoms with Crippen molar-refractivity contribution in [3.8, 4) is 23.1 Å². The summed E-state index contributed by atoms with van der Waals surface area (Å²) in [7, 11) is 1.39. The lowest BCUT2D eigenvalue weighted by atomic mass is 10.1. The number of methoxy groups -OCH3 is 1. The molecular weight excluding hydrogens is 328 g/mol. The molecule has 0 aliphatic carbocycles. The smallest absolute Gasteiger partial charge is 0.349 e. The molecule has 0 spiro atoms. The molecule has 0 unspecified atom stereocenters. The van der Waals surface area contributed by atoms with Crippen molar-refractivity contribution in [2.75, 3.05) is 13.7 Å². The van der Waals surface area contributed by atoms with Gasteiger partial charge in [0.1, 0.15) is 28.9 Å². The van der Waals surface area contributed by atoms with Crippen LogP contribution in [0.3, 0.4) is 0 Å². The molecule has 1 aromatic heterocycles. The third-order valence-electron chi connectivity index (χ3n) is 3.19. The molecule has 0 aliphatic rings. The van der Waals surface area contributed by atoms with Crippen LogP contribution in [0.4, 0.5) is 5.69 Å². The van der Waals surface area contributed by atoms with Gasteiger partial charge in [-0.3, -0.25) is 10.1 Å². The summed E-state index contributed by atoms with van der Waals surface area (Å²) in [5, 5.41) is 19.9. The monoisotopic (exact) mass is 342 g/mol. The van der Waals surface area contributed by atoms with Gasteiger partial charge in [-0.2, -0.15) is 5.26 Å². The second-order valence-corrected chi connectivity index (χ2v) is 4.73. The number of esters is 1. The van der Waals surface area contributed by atoms with Crippen LogP contribution >= 0.6 is 0 Å². The molecule has 0 N–H and O–H groups in total. The Balaban J connectivity index is 2.37. The summed E-state index contributed by atoms with van der Waals surface area (Å²) in [4.78, 5) is 21.9. The van der Waals surface area contributed by atoms with E-state index in [0.29, 0.717) is 11.3 Å². The summed E-state index contributed by atoms with van der Waals surface area (Å²) < 4.78 is 15.5.